The molecular weight excluding hydrogens is 291 g/mol. The highest BCUT2D eigenvalue weighted by Gasteiger charge is 2.27. The van der Waals surface area contributed by atoms with E-state index < -0.39 is 12.8 Å². The molecule has 0 aliphatic carbocycles. The Kier molecular flexibility index (Phi) is 5.16. The quantitative estimate of drug-likeness (QED) is 0.773. The summed E-state index contributed by atoms with van der Waals surface area (Å²) >= 11 is 1.60. The first-order valence-electron chi connectivity index (χ1n) is 5.97. The number of ether oxygens (including phenoxy) is 1. The molecule has 0 aliphatic heterocycles. The van der Waals surface area contributed by atoms with Crippen LogP contribution in [0.15, 0.2) is 23.7 Å². The predicted octanol–water partition coefficient (Wildman–Crippen LogP) is 2.81. The van der Waals surface area contributed by atoms with Crippen molar-refractivity contribution in [2.24, 2.45) is 0 Å². The van der Waals surface area contributed by atoms with Gasteiger partial charge in [0.1, 0.15) is 6.61 Å². The summed E-state index contributed by atoms with van der Waals surface area (Å²) in [5, 5.41) is 11.9. The number of aromatic amines is 1. The summed E-state index contributed by atoms with van der Waals surface area (Å²) in [6.07, 6.45) is -2.56. The van der Waals surface area contributed by atoms with Crippen molar-refractivity contribution in [3.05, 3.63) is 29.3 Å². The summed E-state index contributed by atoms with van der Waals surface area (Å²) in [5.74, 6) is 0. The molecule has 2 heterocycles. The van der Waals surface area contributed by atoms with Crippen LogP contribution in [0.1, 0.15) is 5.56 Å². The highest BCUT2D eigenvalue weighted by molar-refractivity contribution is 7.13. The SMILES string of the molecule is FC(F)(F)COCCNCc1cn[nH]c1-c1cccs1. The van der Waals surface area contributed by atoms with Crippen molar-refractivity contribution in [2.75, 3.05) is 19.8 Å². The number of H-pyrrole nitrogens is 1. The zero-order valence-electron chi connectivity index (χ0n) is 10.5. The lowest BCUT2D eigenvalue weighted by Gasteiger charge is -2.08. The lowest BCUT2D eigenvalue weighted by molar-refractivity contribution is -0.173. The van der Waals surface area contributed by atoms with Gasteiger partial charge in [-0.1, -0.05) is 6.07 Å². The summed E-state index contributed by atoms with van der Waals surface area (Å²) < 4.78 is 40.0. The number of hydrogen-bond donors (Lipinski definition) is 2. The van der Waals surface area contributed by atoms with Crippen LogP contribution in [0.25, 0.3) is 10.6 Å². The van der Waals surface area contributed by atoms with Crippen molar-refractivity contribution in [2.45, 2.75) is 12.7 Å². The molecule has 0 bridgehead atoms. The molecule has 0 saturated carbocycles. The van der Waals surface area contributed by atoms with Crippen LogP contribution >= 0.6 is 11.3 Å². The third kappa shape index (κ3) is 4.62. The highest BCUT2D eigenvalue weighted by Crippen LogP contribution is 2.25. The lowest BCUT2D eigenvalue weighted by atomic mass is 10.2. The van der Waals surface area contributed by atoms with Crippen LogP contribution in [0, 0.1) is 0 Å². The van der Waals surface area contributed by atoms with Crippen LogP contribution in [0.2, 0.25) is 0 Å². The summed E-state index contributed by atoms with van der Waals surface area (Å²) in [6.45, 7) is -0.309. The highest BCUT2D eigenvalue weighted by atomic mass is 32.1. The van der Waals surface area contributed by atoms with Crippen molar-refractivity contribution < 1.29 is 17.9 Å². The van der Waals surface area contributed by atoms with Crippen LogP contribution in [0.4, 0.5) is 13.2 Å². The van der Waals surface area contributed by atoms with E-state index >= 15 is 0 Å². The molecule has 20 heavy (non-hydrogen) atoms. The number of halogens is 3. The fourth-order valence-corrected chi connectivity index (χ4v) is 2.39. The zero-order valence-corrected chi connectivity index (χ0v) is 11.4. The topological polar surface area (TPSA) is 49.9 Å². The van der Waals surface area contributed by atoms with Crippen molar-refractivity contribution >= 4 is 11.3 Å². The molecule has 2 N–H and O–H groups in total. The van der Waals surface area contributed by atoms with Gasteiger partial charge in [-0.2, -0.15) is 18.3 Å². The van der Waals surface area contributed by atoms with Gasteiger partial charge in [0.25, 0.3) is 0 Å². The molecule has 0 saturated heterocycles. The van der Waals surface area contributed by atoms with Gasteiger partial charge in [-0.3, -0.25) is 5.10 Å². The van der Waals surface area contributed by atoms with Gasteiger partial charge in [0, 0.05) is 18.7 Å². The third-order valence-corrected chi connectivity index (χ3v) is 3.38. The molecule has 110 valence electrons. The van der Waals surface area contributed by atoms with Crippen LogP contribution in [0.5, 0.6) is 0 Å². The Morgan fingerprint density at radius 2 is 2.25 bits per heavy atom. The molecule has 0 aliphatic rings. The lowest BCUT2D eigenvalue weighted by Crippen LogP contribution is -2.23. The van der Waals surface area contributed by atoms with E-state index in [9.17, 15) is 13.2 Å². The van der Waals surface area contributed by atoms with Crippen molar-refractivity contribution in [1.82, 2.24) is 15.5 Å². The Hall–Kier alpha value is -1.38. The zero-order chi connectivity index (χ0) is 14.4. The van der Waals surface area contributed by atoms with E-state index in [-0.39, 0.29) is 6.61 Å². The largest absolute Gasteiger partial charge is 0.411 e. The Morgan fingerprint density at radius 3 is 2.95 bits per heavy atom. The molecule has 0 fully saturated rings. The molecule has 0 radical (unpaired) electrons. The minimum absolute atomic E-state index is 0.0195. The van der Waals surface area contributed by atoms with E-state index in [4.69, 9.17) is 0 Å². The first-order valence-corrected chi connectivity index (χ1v) is 6.85. The average Bonchev–Trinajstić information content (AvgIpc) is 3.02. The van der Waals surface area contributed by atoms with E-state index in [1.165, 1.54) is 0 Å². The van der Waals surface area contributed by atoms with Gasteiger partial charge in [-0.05, 0) is 11.4 Å². The van der Waals surface area contributed by atoms with Gasteiger partial charge in [0.15, 0.2) is 0 Å². The minimum Gasteiger partial charge on any atom is -0.371 e. The van der Waals surface area contributed by atoms with Crippen molar-refractivity contribution in [1.29, 1.82) is 0 Å². The molecule has 0 unspecified atom stereocenters. The third-order valence-electron chi connectivity index (χ3n) is 2.49. The molecule has 4 nitrogen and oxygen atoms in total. The van der Waals surface area contributed by atoms with E-state index in [0.29, 0.717) is 13.1 Å². The van der Waals surface area contributed by atoms with Gasteiger partial charge in [0.05, 0.1) is 23.4 Å². The molecule has 8 heteroatoms. The number of rotatable bonds is 7. The fourth-order valence-electron chi connectivity index (χ4n) is 1.63. The second kappa shape index (κ2) is 6.87. The first-order chi connectivity index (χ1) is 9.56. The number of alkyl halides is 3. The number of nitrogens with zero attached hydrogens (tertiary/aromatic N) is 1. The average molecular weight is 305 g/mol. The summed E-state index contributed by atoms with van der Waals surface area (Å²) in [6, 6.07) is 3.93. The molecule has 2 rings (SSSR count). The molecule has 2 aromatic rings. The summed E-state index contributed by atoms with van der Waals surface area (Å²) in [7, 11) is 0. The standard InChI is InChI=1S/C12H14F3N3OS/c13-12(14,15)8-19-4-3-16-6-9-7-17-18-11(9)10-2-1-5-20-10/h1-2,5,7,16H,3-4,6,8H2,(H,17,18). The number of aromatic nitrogens is 2. The Morgan fingerprint density at radius 1 is 1.40 bits per heavy atom. The molecule has 2 aromatic heterocycles. The number of thiophene rings is 1. The first kappa shape index (κ1) is 15.0. The maximum absolute atomic E-state index is 11.8. The van der Waals surface area contributed by atoms with Gasteiger partial charge in [-0.25, -0.2) is 0 Å². The smallest absolute Gasteiger partial charge is 0.371 e. The Balaban J connectivity index is 1.72. The van der Waals surface area contributed by atoms with Crippen LogP contribution < -0.4 is 5.32 Å². The maximum atomic E-state index is 11.8. The second-order valence-electron chi connectivity index (χ2n) is 4.09. The molecule has 0 amide bonds. The van der Waals surface area contributed by atoms with Gasteiger partial charge in [0.2, 0.25) is 0 Å². The van der Waals surface area contributed by atoms with Gasteiger partial charge >= 0.3 is 6.18 Å². The summed E-state index contributed by atoms with van der Waals surface area (Å²) in [5.41, 5.74) is 1.91. The predicted molar refractivity (Wildman–Crippen MR) is 70.5 cm³/mol. The fraction of sp³-hybridized carbons (Fsp3) is 0.417. The second-order valence-corrected chi connectivity index (χ2v) is 5.04. The van der Waals surface area contributed by atoms with Crippen molar-refractivity contribution in [3.63, 3.8) is 0 Å². The van der Waals surface area contributed by atoms with Gasteiger partial charge < -0.3 is 10.1 Å². The van der Waals surface area contributed by atoms with E-state index in [1.807, 2.05) is 17.5 Å². The van der Waals surface area contributed by atoms with Crippen LogP contribution in [-0.2, 0) is 11.3 Å². The Bertz CT molecular complexity index is 510. The van der Waals surface area contributed by atoms with Crippen LogP contribution in [-0.4, -0.2) is 36.1 Å². The van der Waals surface area contributed by atoms with Crippen molar-refractivity contribution in [3.8, 4) is 10.6 Å². The summed E-state index contributed by atoms with van der Waals surface area (Å²) in [4.78, 5) is 1.08. The van der Waals surface area contributed by atoms with Gasteiger partial charge in [-0.15, -0.1) is 11.3 Å². The normalized spacial score (nSPS) is 11.9. The number of nitrogens with one attached hydrogen (secondary N) is 2. The molecule has 0 aromatic carbocycles. The number of hydrogen-bond acceptors (Lipinski definition) is 4. The monoisotopic (exact) mass is 305 g/mol. The maximum Gasteiger partial charge on any atom is 0.411 e. The van der Waals surface area contributed by atoms with E-state index in [0.717, 1.165) is 16.1 Å². The molecule has 0 atom stereocenters. The minimum atomic E-state index is -4.27. The van der Waals surface area contributed by atoms with Crippen LogP contribution in [0.3, 0.4) is 0 Å². The van der Waals surface area contributed by atoms with E-state index in [2.05, 4.69) is 20.3 Å². The van der Waals surface area contributed by atoms with E-state index in [1.54, 1.807) is 17.5 Å². The molecular formula is C12H14F3N3OS. The molecule has 0 spiro atoms. The Labute approximate surface area is 118 Å².